The van der Waals surface area contributed by atoms with Crippen molar-refractivity contribution >= 4 is 23.2 Å². The van der Waals surface area contributed by atoms with Crippen molar-refractivity contribution < 1.29 is 22.8 Å². The zero-order valence-electron chi connectivity index (χ0n) is 16.0. The summed E-state index contributed by atoms with van der Waals surface area (Å²) in [4.78, 5) is 31.2. The average Bonchev–Trinajstić information content (AvgIpc) is 3.06. The fourth-order valence-corrected chi connectivity index (χ4v) is 2.97. The smallest absolute Gasteiger partial charge is 0.326 e. The van der Waals surface area contributed by atoms with E-state index in [9.17, 15) is 22.8 Å². The molecule has 1 amide bonds. The number of benzene rings is 1. The number of nitrogens with one attached hydrogen (secondary N) is 1. The number of alkyl halides is 3. The summed E-state index contributed by atoms with van der Waals surface area (Å²) in [6.07, 6.45) is -4.32. The number of Topliss-reactive ketones (excluding diaryl/α,β-unsaturated/α-hetero) is 1. The largest absolute Gasteiger partial charge is 0.453 e. The number of carbonyl (C=O) groups excluding carboxylic acids is 2. The standard InChI is InChI=1S/C19H18F3N5O2/c1-10-15(11(2)27-18(23-10)25-17(26-27)19(20,21)22)7-8-16(29)24-14-6-4-5-13(9-14)12(3)28/h4-6,9H,7-8H2,1-3H3,(H,24,29). The molecule has 10 heteroatoms. The highest BCUT2D eigenvalue weighted by Gasteiger charge is 2.36. The van der Waals surface area contributed by atoms with Crippen LogP contribution in [0, 0.1) is 13.8 Å². The van der Waals surface area contributed by atoms with Crippen LogP contribution >= 0.6 is 0 Å². The molecule has 0 bridgehead atoms. The molecule has 2 aromatic heterocycles. The number of anilines is 1. The Balaban J connectivity index is 1.77. The minimum absolute atomic E-state index is 0.0833. The van der Waals surface area contributed by atoms with Gasteiger partial charge in [-0.1, -0.05) is 12.1 Å². The second-order valence-corrected chi connectivity index (χ2v) is 6.59. The third-order valence-electron chi connectivity index (χ3n) is 4.46. The van der Waals surface area contributed by atoms with Gasteiger partial charge in [-0.2, -0.15) is 18.2 Å². The van der Waals surface area contributed by atoms with E-state index in [4.69, 9.17) is 0 Å². The van der Waals surface area contributed by atoms with E-state index in [1.165, 1.54) is 6.92 Å². The summed E-state index contributed by atoms with van der Waals surface area (Å²) in [5.41, 5.74) is 2.54. The topological polar surface area (TPSA) is 89.2 Å². The maximum atomic E-state index is 12.9. The number of fused-ring (bicyclic) bond motifs is 1. The quantitative estimate of drug-likeness (QED) is 0.656. The predicted octanol–water partition coefficient (Wildman–Crippen LogP) is 3.53. The zero-order valence-corrected chi connectivity index (χ0v) is 16.0. The molecule has 7 nitrogen and oxygen atoms in total. The lowest BCUT2D eigenvalue weighted by molar-refractivity contribution is -0.144. The van der Waals surface area contributed by atoms with Gasteiger partial charge in [-0.15, -0.1) is 5.10 Å². The van der Waals surface area contributed by atoms with E-state index in [1.807, 2.05) is 0 Å². The van der Waals surface area contributed by atoms with Crippen molar-refractivity contribution in [2.24, 2.45) is 0 Å². The van der Waals surface area contributed by atoms with Gasteiger partial charge in [-0.25, -0.2) is 9.50 Å². The normalized spacial score (nSPS) is 11.7. The molecular formula is C19H18F3N5O2. The van der Waals surface area contributed by atoms with Gasteiger partial charge >= 0.3 is 6.18 Å². The van der Waals surface area contributed by atoms with Crippen molar-refractivity contribution in [3.05, 3.63) is 52.6 Å². The van der Waals surface area contributed by atoms with Gasteiger partial charge in [0.1, 0.15) is 0 Å². The summed E-state index contributed by atoms with van der Waals surface area (Å²) in [6, 6.07) is 6.57. The Kier molecular flexibility index (Phi) is 5.36. The van der Waals surface area contributed by atoms with Gasteiger partial charge in [0.25, 0.3) is 11.6 Å². The second kappa shape index (κ2) is 7.61. The van der Waals surface area contributed by atoms with Crippen LogP contribution in [-0.4, -0.2) is 31.3 Å². The minimum atomic E-state index is -4.66. The Hall–Kier alpha value is -3.30. The summed E-state index contributed by atoms with van der Waals surface area (Å²) in [7, 11) is 0. The summed E-state index contributed by atoms with van der Waals surface area (Å²) in [5, 5.41) is 6.20. The minimum Gasteiger partial charge on any atom is -0.326 e. The fourth-order valence-electron chi connectivity index (χ4n) is 2.97. The van der Waals surface area contributed by atoms with Crippen molar-refractivity contribution in [2.45, 2.75) is 39.8 Å². The van der Waals surface area contributed by atoms with Crippen LogP contribution in [0.15, 0.2) is 24.3 Å². The number of aryl methyl sites for hydroxylation is 2. The molecule has 0 aliphatic carbocycles. The summed E-state index contributed by atoms with van der Waals surface area (Å²) in [6.45, 7) is 4.70. The van der Waals surface area contributed by atoms with E-state index in [-0.39, 0.29) is 30.3 Å². The van der Waals surface area contributed by atoms with Gasteiger partial charge in [-0.05, 0) is 44.9 Å². The predicted molar refractivity (Wildman–Crippen MR) is 98.7 cm³/mol. The number of carbonyl (C=O) groups is 2. The third kappa shape index (κ3) is 4.41. The van der Waals surface area contributed by atoms with Crippen LogP contribution in [0.1, 0.15) is 46.5 Å². The maximum absolute atomic E-state index is 12.9. The molecule has 152 valence electrons. The molecule has 0 aliphatic heterocycles. The second-order valence-electron chi connectivity index (χ2n) is 6.59. The van der Waals surface area contributed by atoms with Crippen LogP contribution in [-0.2, 0) is 17.4 Å². The van der Waals surface area contributed by atoms with E-state index in [2.05, 4.69) is 20.4 Å². The van der Waals surface area contributed by atoms with E-state index >= 15 is 0 Å². The lowest BCUT2D eigenvalue weighted by Gasteiger charge is -2.11. The average molecular weight is 405 g/mol. The highest BCUT2D eigenvalue weighted by Crippen LogP contribution is 2.27. The lowest BCUT2D eigenvalue weighted by atomic mass is 10.1. The van der Waals surface area contributed by atoms with Crippen LogP contribution in [0.2, 0.25) is 0 Å². The van der Waals surface area contributed by atoms with Crippen molar-refractivity contribution in [1.29, 1.82) is 0 Å². The first-order chi connectivity index (χ1) is 13.6. The molecule has 0 aliphatic rings. The summed E-state index contributed by atoms with van der Waals surface area (Å²) >= 11 is 0. The van der Waals surface area contributed by atoms with Crippen molar-refractivity contribution in [2.75, 3.05) is 5.32 Å². The van der Waals surface area contributed by atoms with Crippen LogP contribution in [0.5, 0.6) is 0 Å². The molecule has 3 rings (SSSR count). The number of rotatable bonds is 5. The monoisotopic (exact) mass is 405 g/mol. The van der Waals surface area contributed by atoms with Gasteiger partial charge in [0, 0.05) is 29.1 Å². The van der Waals surface area contributed by atoms with Gasteiger partial charge in [0.2, 0.25) is 5.91 Å². The Morgan fingerprint density at radius 3 is 2.55 bits per heavy atom. The number of amides is 1. The summed E-state index contributed by atoms with van der Waals surface area (Å²) < 4.78 is 39.6. The SMILES string of the molecule is CC(=O)c1cccc(NC(=O)CCc2c(C)nc3nc(C(F)(F)F)nn3c2C)c1. The molecule has 1 aromatic carbocycles. The molecule has 0 atom stereocenters. The number of hydrogen-bond donors (Lipinski definition) is 1. The Labute approximate surface area is 164 Å². The van der Waals surface area contributed by atoms with Gasteiger partial charge in [0.15, 0.2) is 5.78 Å². The molecule has 0 fully saturated rings. The lowest BCUT2D eigenvalue weighted by Crippen LogP contribution is -2.14. The first-order valence-corrected chi connectivity index (χ1v) is 8.77. The van der Waals surface area contributed by atoms with Gasteiger partial charge in [0.05, 0.1) is 0 Å². The maximum Gasteiger partial charge on any atom is 0.453 e. The van der Waals surface area contributed by atoms with Gasteiger partial charge in [-0.3, -0.25) is 9.59 Å². The number of hydrogen-bond acceptors (Lipinski definition) is 5. The molecule has 2 heterocycles. The Bertz CT molecular complexity index is 1110. The highest BCUT2D eigenvalue weighted by molar-refractivity contribution is 5.97. The van der Waals surface area contributed by atoms with Crippen molar-refractivity contribution in [3.63, 3.8) is 0 Å². The molecule has 0 radical (unpaired) electrons. The van der Waals surface area contributed by atoms with Crippen LogP contribution < -0.4 is 5.32 Å². The highest BCUT2D eigenvalue weighted by atomic mass is 19.4. The first kappa shape index (κ1) is 20.4. The van der Waals surface area contributed by atoms with Crippen LogP contribution in [0.4, 0.5) is 18.9 Å². The van der Waals surface area contributed by atoms with Gasteiger partial charge < -0.3 is 5.32 Å². The molecule has 29 heavy (non-hydrogen) atoms. The Morgan fingerprint density at radius 2 is 1.90 bits per heavy atom. The zero-order chi connectivity index (χ0) is 21.3. The van der Waals surface area contributed by atoms with Crippen LogP contribution in [0.25, 0.3) is 5.78 Å². The van der Waals surface area contributed by atoms with E-state index in [0.29, 0.717) is 28.2 Å². The Morgan fingerprint density at radius 1 is 1.17 bits per heavy atom. The van der Waals surface area contributed by atoms with E-state index < -0.39 is 12.0 Å². The van der Waals surface area contributed by atoms with E-state index in [0.717, 1.165) is 4.52 Å². The molecule has 0 spiro atoms. The number of aromatic nitrogens is 4. The molecule has 1 N–H and O–H groups in total. The number of nitrogens with zero attached hydrogens (tertiary/aromatic N) is 4. The van der Waals surface area contributed by atoms with E-state index in [1.54, 1.807) is 38.1 Å². The van der Waals surface area contributed by atoms with Crippen molar-refractivity contribution in [3.8, 4) is 0 Å². The molecular weight excluding hydrogens is 387 g/mol. The molecule has 0 saturated carbocycles. The fraction of sp³-hybridized carbons (Fsp3) is 0.316. The molecule has 0 saturated heterocycles. The molecule has 0 unspecified atom stereocenters. The summed E-state index contributed by atoms with van der Waals surface area (Å²) in [5.74, 6) is -1.80. The number of ketones is 1. The molecule has 3 aromatic rings. The number of halogens is 3. The van der Waals surface area contributed by atoms with Crippen molar-refractivity contribution in [1.82, 2.24) is 19.6 Å². The van der Waals surface area contributed by atoms with Crippen LogP contribution in [0.3, 0.4) is 0 Å². The first-order valence-electron chi connectivity index (χ1n) is 8.77. The third-order valence-corrected chi connectivity index (χ3v) is 4.46.